The van der Waals surface area contributed by atoms with Gasteiger partial charge in [0.2, 0.25) is 0 Å². The Balaban J connectivity index is 1.74. The van der Waals surface area contributed by atoms with E-state index in [0.717, 1.165) is 12.6 Å². The van der Waals surface area contributed by atoms with Gasteiger partial charge in [0, 0.05) is 24.7 Å². The molecule has 2 amide bonds. The Bertz CT molecular complexity index is 751. The van der Waals surface area contributed by atoms with Crippen LogP contribution in [0.5, 0.6) is 0 Å². The van der Waals surface area contributed by atoms with Crippen molar-refractivity contribution in [1.29, 1.82) is 0 Å². The van der Waals surface area contributed by atoms with Crippen molar-refractivity contribution in [2.45, 2.75) is 25.3 Å². The third-order valence-corrected chi connectivity index (χ3v) is 4.48. The Hall–Kier alpha value is -2.96. The van der Waals surface area contributed by atoms with Gasteiger partial charge in [-0.15, -0.1) is 0 Å². The Morgan fingerprint density at radius 2 is 2.08 bits per heavy atom. The minimum absolute atomic E-state index is 0.0216. The fraction of sp³-hybridized carbons (Fsp3) is 0.294. The zero-order valence-corrected chi connectivity index (χ0v) is 13.3. The summed E-state index contributed by atoms with van der Waals surface area (Å²) in [6.07, 6.45) is 3.43. The van der Waals surface area contributed by atoms with Crippen molar-refractivity contribution in [1.82, 2.24) is 9.88 Å². The largest absolute Gasteiger partial charge is 0.322 e. The van der Waals surface area contributed by atoms with Crippen LogP contribution in [0.4, 0.5) is 16.2 Å². The molecule has 2 atom stereocenters. The number of anilines is 1. The zero-order valence-electron chi connectivity index (χ0n) is 13.3. The number of aromatic nitrogens is 1. The third-order valence-electron chi connectivity index (χ3n) is 4.48. The molecule has 1 N–H and O–H groups in total. The topological polar surface area (TPSA) is 88.4 Å². The molecule has 1 aliphatic heterocycles. The van der Waals surface area contributed by atoms with E-state index in [2.05, 4.69) is 22.4 Å². The maximum absolute atomic E-state index is 12.5. The van der Waals surface area contributed by atoms with Crippen LogP contribution in [0.3, 0.4) is 0 Å². The molecule has 2 aromatic rings. The minimum Gasteiger partial charge on any atom is -0.321 e. The molecule has 1 aromatic carbocycles. The highest BCUT2D eigenvalue weighted by Crippen LogP contribution is 2.34. The van der Waals surface area contributed by atoms with E-state index in [1.807, 2.05) is 25.1 Å². The van der Waals surface area contributed by atoms with Gasteiger partial charge in [-0.3, -0.25) is 15.1 Å². The Labute approximate surface area is 139 Å². The van der Waals surface area contributed by atoms with Gasteiger partial charge in [0.1, 0.15) is 11.9 Å². The predicted molar refractivity (Wildman–Crippen MR) is 89.9 cm³/mol. The average Bonchev–Trinajstić information content (AvgIpc) is 2.97. The summed E-state index contributed by atoms with van der Waals surface area (Å²) in [6.45, 7) is 2.62. The Morgan fingerprint density at radius 3 is 2.79 bits per heavy atom. The molecular weight excluding hydrogens is 308 g/mol. The first kappa shape index (κ1) is 15.9. The van der Waals surface area contributed by atoms with Crippen LogP contribution in [0.15, 0.2) is 48.8 Å². The molecule has 24 heavy (non-hydrogen) atoms. The highest BCUT2D eigenvalue weighted by molar-refractivity contribution is 5.92. The molecule has 2 heterocycles. The minimum atomic E-state index is -0.553. The Kier molecular flexibility index (Phi) is 4.41. The maximum atomic E-state index is 12.5. The first-order valence-electron chi connectivity index (χ1n) is 7.79. The summed E-state index contributed by atoms with van der Waals surface area (Å²) in [7, 11) is 0. The lowest BCUT2D eigenvalue weighted by molar-refractivity contribution is -0.384. The lowest BCUT2D eigenvalue weighted by atomic mass is 9.93. The van der Waals surface area contributed by atoms with E-state index in [0.29, 0.717) is 6.54 Å². The highest BCUT2D eigenvalue weighted by Gasteiger charge is 2.35. The van der Waals surface area contributed by atoms with Gasteiger partial charge in [-0.05, 0) is 25.0 Å². The summed E-state index contributed by atoms with van der Waals surface area (Å²) >= 11 is 0. The third kappa shape index (κ3) is 3.05. The summed E-state index contributed by atoms with van der Waals surface area (Å²) in [4.78, 5) is 28.5. The lowest BCUT2D eigenvalue weighted by Gasteiger charge is -2.25. The zero-order chi connectivity index (χ0) is 17.1. The molecule has 0 aliphatic carbocycles. The van der Waals surface area contributed by atoms with Gasteiger partial charge in [0.15, 0.2) is 0 Å². The van der Waals surface area contributed by atoms with Gasteiger partial charge in [0.05, 0.1) is 4.92 Å². The lowest BCUT2D eigenvalue weighted by Crippen LogP contribution is -2.38. The van der Waals surface area contributed by atoms with Crippen LogP contribution in [0.25, 0.3) is 0 Å². The number of urea groups is 1. The van der Waals surface area contributed by atoms with E-state index < -0.39 is 4.92 Å². The average molecular weight is 326 g/mol. The second kappa shape index (κ2) is 6.66. The van der Waals surface area contributed by atoms with Gasteiger partial charge in [0.25, 0.3) is 0 Å². The summed E-state index contributed by atoms with van der Waals surface area (Å²) in [5, 5.41) is 13.7. The van der Waals surface area contributed by atoms with E-state index in [1.54, 1.807) is 4.90 Å². The van der Waals surface area contributed by atoms with E-state index in [4.69, 9.17) is 0 Å². The molecule has 0 bridgehead atoms. The molecule has 124 valence electrons. The van der Waals surface area contributed by atoms with Crippen LogP contribution in [-0.4, -0.2) is 33.4 Å². The van der Waals surface area contributed by atoms with Crippen molar-refractivity contribution in [2.75, 3.05) is 11.9 Å². The van der Waals surface area contributed by atoms with Crippen LogP contribution >= 0.6 is 0 Å². The van der Waals surface area contributed by atoms with E-state index in [9.17, 15) is 14.9 Å². The van der Waals surface area contributed by atoms with Crippen molar-refractivity contribution in [3.05, 3.63) is 64.5 Å². The number of carbonyl (C=O) groups excluding carboxylic acids is 1. The molecule has 0 unspecified atom stereocenters. The van der Waals surface area contributed by atoms with Gasteiger partial charge in [-0.2, -0.15) is 0 Å². The SMILES string of the molecule is C[C@H]1[C@H](c2ccccc2)CCN1C(=O)Nc1ccncc1[N+](=O)[O-]. The van der Waals surface area contributed by atoms with Crippen LogP contribution in [-0.2, 0) is 0 Å². The number of pyridine rings is 1. The van der Waals surface area contributed by atoms with Crippen molar-refractivity contribution in [3.63, 3.8) is 0 Å². The monoisotopic (exact) mass is 326 g/mol. The molecule has 0 radical (unpaired) electrons. The first-order valence-corrected chi connectivity index (χ1v) is 7.79. The summed E-state index contributed by atoms with van der Waals surface area (Å²) in [5.74, 6) is 0.268. The normalized spacial score (nSPS) is 20.0. The number of rotatable bonds is 3. The molecule has 3 rings (SSSR count). The number of benzene rings is 1. The van der Waals surface area contributed by atoms with Crippen molar-refractivity contribution in [2.24, 2.45) is 0 Å². The standard InChI is InChI=1S/C17H18N4O3/c1-12-14(13-5-3-2-4-6-13)8-10-20(12)17(22)19-15-7-9-18-11-16(15)21(23)24/h2-7,9,11-12,14H,8,10H2,1H3,(H,18,19,22)/t12-,14+/m0/s1. The number of hydrogen-bond donors (Lipinski definition) is 1. The number of nitrogens with one attached hydrogen (secondary N) is 1. The van der Waals surface area contributed by atoms with Crippen LogP contribution in [0.2, 0.25) is 0 Å². The number of nitro groups is 1. The molecule has 1 aliphatic rings. The van der Waals surface area contributed by atoms with E-state index in [1.165, 1.54) is 17.8 Å². The summed E-state index contributed by atoms with van der Waals surface area (Å²) in [5.41, 5.74) is 1.16. The van der Waals surface area contributed by atoms with Gasteiger partial charge in [-0.1, -0.05) is 30.3 Å². The first-order chi connectivity index (χ1) is 11.6. The highest BCUT2D eigenvalue weighted by atomic mass is 16.6. The number of amides is 2. The fourth-order valence-electron chi connectivity index (χ4n) is 3.20. The molecular formula is C17H18N4O3. The second-order valence-corrected chi connectivity index (χ2v) is 5.82. The quantitative estimate of drug-likeness (QED) is 0.691. The Morgan fingerprint density at radius 1 is 1.33 bits per heavy atom. The maximum Gasteiger partial charge on any atom is 0.322 e. The molecule has 7 heteroatoms. The molecule has 0 spiro atoms. The predicted octanol–water partition coefficient (Wildman–Crippen LogP) is 3.40. The van der Waals surface area contributed by atoms with Crippen molar-refractivity contribution < 1.29 is 9.72 Å². The fourth-order valence-corrected chi connectivity index (χ4v) is 3.20. The number of likely N-dealkylation sites (tertiary alicyclic amines) is 1. The van der Waals surface area contributed by atoms with Crippen LogP contribution < -0.4 is 5.32 Å². The number of carbonyl (C=O) groups is 1. The molecule has 1 saturated heterocycles. The van der Waals surface area contributed by atoms with Crippen LogP contribution in [0, 0.1) is 10.1 Å². The molecule has 7 nitrogen and oxygen atoms in total. The number of nitrogens with zero attached hydrogens (tertiary/aromatic N) is 3. The second-order valence-electron chi connectivity index (χ2n) is 5.82. The number of hydrogen-bond acceptors (Lipinski definition) is 4. The molecule has 1 fully saturated rings. The van der Waals surface area contributed by atoms with E-state index >= 15 is 0 Å². The van der Waals surface area contributed by atoms with Gasteiger partial charge >= 0.3 is 11.7 Å². The van der Waals surface area contributed by atoms with Crippen molar-refractivity contribution in [3.8, 4) is 0 Å². The summed E-state index contributed by atoms with van der Waals surface area (Å²) in [6, 6.07) is 11.2. The molecule has 0 saturated carbocycles. The molecule has 1 aromatic heterocycles. The van der Waals surface area contributed by atoms with Gasteiger partial charge < -0.3 is 10.2 Å². The smallest absolute Gasteiger partial charge is 0.321 e. The van der Waals surface area contributed by atoms with Crippen LogP contribution in [0.1, 0.15) is 24.8 Å². The van der Waals surface area contributed by atoms with Gasteiger partial charge in [-0.25, -0.2) is 4.79 Å². The summed E-state index contributed by atoms with van der Waals surface area (Å²) < 4.78 is 0. The van der Waals surface area contributed by atoms with Crippen molar-refractivity contribution >= 4 is 17.4 Å². The van der Waals surface area contributed by atoms with E-state index in [-0.39, 0.29) is 29.4 Å².